The van der Waals surface area contributed by atoms with Crippen molar-refractivity contribution in [2.75, 3.05) is 56.9 Å². The van der Waals surface area contributed by atoms with E-state index in [0.717, 1.165) is 13.1 Å². The maximum Gasteiger partial charge on any atom is 0.243 e. The highest BCUT2D eigenvalue weighted by molar-refractivity contribution is 5.42. The van der Waals surface area contributed by atoms with Crippen LogP contribution in [0.3, 0.4) is 0 Å². The number of nitrogen functional groups attached to an aromatic ring is 1. The summed E-state index contributed by atoms with van der Waals surface area (Å²) in [6.07, 6.45) is 0. The molecular weight excluding hydrogens is 220 g/mol. The number of nitrogens with zero attached hydrogens (tertiary/aromatic N) is 5. The fraction of sp³-hybridized carbons (Fsp3) is 0.667. The molecule has 1 aromatic heterocycles. The van der Waals surface area contributed by atoms with Gasteiger partial charge in [0.15, 0.2) is 0 Å². The molecule has 17 heavy (non-hydrogen) atoms. The van der Waals surface area contributed by atoms with Gasteiger partial charge >= 0.3 is 0 Å². The predicted octanol–water partition coefficient (Wildman–Crippen LogP) is -0.803. The summed E-state index contributed by atoms with van der Waals surface area (Å²) in [6.45, 7) is 1.66. The van der Waals surface area contributed by atoms with Gasteiger partial charge in [0.2, 0.25) is 17.8 Å². The number of nitrogens with one attached hydrogen (secondary N) is 2. The van der Waals surface area contributed by atoms with Crippen LogP contribution in [0.2, 0.25) is 0 Å². The van der Waals surface area contributed by atoms with Crippen LogP contribution in [0.25, 0.3) is 0 Å². The Bertz CT molecular complexity index is 351. The fourth-order valence-corrected chi connectivity index (χ4v) is 1.10. The minimum Gasteiger partial charge on any atom is -0.353 e. The van der Waals surface area contributed by atoms with Gasteiger partial charge in [-0.15, -0.1) is 0 Å². The second-order valence-corrected chi connectivity index (χ2v) is 4.05. The average molecular weight is 240 g/mol. The molecule has 1 heterocycles. The predicted molar refractivity (Wildman–Crippen MR) is 69.0 cm³/mol. The first-order valence-corrected chi connectivity index (χ1v) is 5.31. The molecule has 4 N–H and O–H groups in total. The van der Waals surface area contributed by atoms with Crippen LogP contribution in [0.5, 0.6) is 0 Å². The quantitative estimate of drug-likeness (QED) is 0.439. The van der Waals surface area contributed by atoms with Gasteiger partial charge in [-0.05, 0) is 14.1 Å². The molecule has 0 radical (unpaired) electrons. The number of rotatable bonds is 6. The second kappa shape index (κ2) is 6.16. The van der Waals surface area contributed by atoms with Gasteiger partial charge in [-0.2, -0.15) is 15.0 Å². The lowest BCUT2D eigenvalue weighted by Gasteiger charge is -2.14. The Morgan fingerprint density at radius 2 is 1.71 bits per heavy atom. The van der Waals surface area contributed by atoms with Crippen molar-refractivity contribution in [1.82, 2.24) is 19.9 Å². The molecule has 0 saturated heterocycles. The van der Waals surface area contributed by atoms with E-state index < -0.39 is 0 Å². The Balaban J connectivity index is 2.73. The minimum absolute atomic E-state index is 0.344. The number of hydrogen-bond acceptors (Lipinski definition) is 8. The zero-order valence-corrected chi connectivity index (χ0v) is 10.7. The van der Waals surface area contributed by atoms with E-state index in [-0.39, 0.29) is 0 Å². The van der Waals surface area contributed by atoms with Crippen molar-refractivity contribution in [3.05, 3.63) is 0 Å². The van der Waals surface area contributed by atoms with Gasteiger partial charge in [-0.25, -0.2) is 5.84 Å². The largest absolute Gasteiger partial charge is 0.353 e. The third-order valence-corrected chi connectivity index (χ3v) is 1.99. The monoisotopic (exact) mass is 240 g/mol. The van der Waals surface area contributed by atoms with Crippen LogP contribution >= 0.6 is 0 Å². The van der Waals surface area contributed by atoms with E-state index in [4.69, 9.17) is 5.84 Å². The second-order valence-electron chi connectivity index (χ2n) is 4.05. The van der Waals surface area contributed by atoms with Gasteiger partial charge in [-0.1, -0.05) is 0 Å². The molecule has 1 aromatic rings. The first kappa shape index (κ1) is 13.4. The summed E-state index contributed by atoms with van der Waals surface area (Å²) >= 11 is 0. The topological polar surface area (TPSA) is 95.2 Å². The maximum atomic E-state index is 5.31. The Hall–Kier alpha value is -1.67. The van der Waals surface area contributed by atoms with E-state index in [2.05, 4.69) is 30.6 Å². The van der Waals surface area contributed by atoms with E-state index in [9.17, 15) is 0 Å². The summed E-state index contributed by atoms with van der Waals surface area (Å²) in [4.78, 5) is 16.3. The van der Waals surface area contributed by atoms with Gasteiger partial charge in [0.25, 0.3) is 0 Å². The highest BCUT2D eigenvalue weighted by Crippen LogP contribution is 2.09. The van der Waals surface area contributed by atoms with E-state index >= 15 is 0 Å². The van der Waals surface area contributed by atoms with Crippen LogP contribution in [0.1, 0.15) is 0 Å². The van der Waals surface area contributed by atoms with Crippen molar-refractivity contribution in [3.8, 4) is 0 Å². The number of anilines is 3. The van der Waals surface area contributed by atoms with Gasteiger partial charge in [0, 0.05) is 27.2 Å². The summed E-state index contributed by atoms with van der Waals surface area (Å²) in [5.74, 6) is 6.72. The average Bonchev–Trinajstić information content (AvgIpc) is 2.28. The van der Waals surface area contributed by atoms with Gasteiger partial charge < -0.3 is 15.1 Å². The Morgan fingerprint density at radius 3 is 2.24 bits per heavy atom. The SMILES string of the molecule is CN(C)CCNc1nc(NN)nc(N(C)C)n1. The van der Waals surface area contributed by atoms with Crippen molar-refractivity contribution < 1.29 is 0 Å². The molecular formula is C9H20N8. The molecule has 0 aliphatic carbocycles. The molecule has 8 heteroatoms. The Kier molecular flexibility index (Phi) is 4.85. The van der Waals surface area contributed by atoms with E-state index in [1.54, 1.807) is 4.90 Å². The zero-order valence-electron chi connectivity index (χ0n) is 10.7. The molecule has 0 aliphatic heterocycles. The van der Waals surface area contributed by atoms with Crippen LogP contribution < -0.4 is 21.5 Å². The molecule has 0 aliphatic rings. The molecule has 0 atom stereocenters. The third kappa shape index (κ3) is 4.37. The molecule has 0 amide bonds. The van der Waals surface area contributed by atoms with Crippen LogP contribution in [0, 0.1) is 0 Å². The smallest absolute Gasteiger partial charge is 0.243 e. The lowest BCUT2D eigenvalue weighted by atomic mass is 10.6. The van der Waals surface area contributed by atoms with Gasteiger partial charge in [-0.3, -0.25) is 5.43 Å². The van der Waals surface area contributed by atoms with Crippen molar-refractivity contribution in [3.63, 3.8) is 0 Å². The number of nitrogens with two attached hydrogens (primary N) is 1. The first-order valence-electron chi connectivity index (χ1n) is 5.31. The van der Waals surface area contributed by atoms with Gasteiger partial charge in [0.1, 0.15) is 0 Å². The summed E-state index contributed by atoms with van der Waals surface area (Å²) in [7, 11) is 7.73. The van der Waals surface area contributed by atoms with Crippen LogP contribution in [-0.2, 0) is 0 Å². The normalized spacial score (nSPS) is 10.5. The Labute approximate surface area is 101 Å². The number of hydrogen-bond donors (Lipinski definition) is 3. The summed E-state index contributed by atoms with van der Waals surface area (Å²) in [5, 5.41) is 3.12. The maximum absolute atomic E-state index is 5.31. The summed E-state index contributed by atoms with van der Waals surface area (Å²) < 4.78 is 0. The molecule has 0 saturated carbocycles. The Morgan fingerprint density at radius 1 is 1.06 bits per heavy atom. The van der Waals surface area contributed by atoms with Crippen molar-refractivity contribution in [2.24, 2.45) is 5.84 Å². The molecule has 1 rings (SSSR count). The van der Waals surface area contributed by atoms with Crippen molar-refractivity contribution >= 4 is 17.8 Å². The van der Waals surface area contributed by atoms with Gasteiger partial charge in [0.05, 0.1) is 0 Å². The molecule has 0 spiro atoms. The zero-order chi connectivity index (χ0) is 12.8. The molecule has 0 bridgehead atoms. The highest BCUT2D eigenvalue weighted by atomic mass is 15.4. The number of likely N-dealkylation sites (N-methyl/N-ethyl adjacent to an activating group) is 1. The summed E-state index contributed by atoms with van der Waals surface area (Å²) in [5.41, 5.74) is 2.42. The standard InChI is InChI=1S/C9H20N8/c1-16(2)6-5-11-7-12-8(15-10)14-9(13-7)17(3)4/h5-6,10H2,1-4H3,(H2,11,12,13,14,15). The van der Waals surface area contributed by atoms with E-state index in [0.29, 0.717) is 17.8 Å². The van der Waals surface area contributed by atoms with Crippen LogP contribution in [0.4, 0.5) is 17.8 Å². The van der Waals surface area contributed by atoms with Crippen molar-refractivity contribution in [2.45, 2.75) is 0 Å². The van der Waals surface area contributed by atoms with Crippen molar-refractivity contribution in [1.29, 1.82) is 0 Å². The molecule has 0 fully saturated rings. The lowest BCUT2D eigenvalue weighted by Crippen LogP contribution is -2.23. The van der Waals surface area contributed by atoms with Crippen LogP contribution in [0.15, 0.2) is 0 Å². The summed E-state index contributed by atoms with van der Waals surface area (Å²) in [6, 6.07) is 0. The highest BCUT2D eigenvalue weighted by Gasteiger charge is 2.06. The molecule has 96 valence electrons. The van der Waals surface area contributed by atoms with E-state index in [1.165, 1.54) is 0 Å². The number of aromatic nitrogens is 3. The first-order chi connectivity index (χ1) is 8.02. The lowest BCUT2D eigenvalue weighted by molar-refractivity contribution is 0.425. The number of hydrazine groups is 1. The van der Waals surface area contributed by atoms with Crippen LogP contribution in [-0.4, -0.2) is 61.1 Å². The molecule has 0 aromatic carbocycles. The fourth-order valence-electron chi connectivity index (χ4n) is 1.10. The van der Waals surface area contributed by atoms with E-state index in [1.807, 2.05) is 28.2 Å². The minimum atomic E-state index is 0.344. The molecule has 8 nitrogen and oxygen atoms in total. The molecule has 0 unspecified atom stereocenters. The third-order valence-electron chi connectivity index (χ3n) is 1.99.